The van der Waals surface area contributed by atoms with Crippen LogP contribution >= 0.6 is 11.3 Å². The van der Waals surface area contributed by atoms with Crippen LogP contribution in [-0.2, 0) is 6.42 Å². The second-order valence-corrected chi connectivity index (χ2v) is 4.73. The molecule has 3 heteroatoms. The number of aryl methyl sites for hydroxylation is 1. The maximum atomic E-state index is 9.01. The van der Waals surface area contributed by atoms with Gasteiger partial charge in [-0.3, -0.25) is 0 Å². The molecular formula is C12H18N2S. The molecule has 0 atom stereocenters. The van der Waals surface area contributed by atoms with E-state index in [0.717, 1.165) is 41.3 Å². The van der Waals surface area contributed by atoms with E-state index in [1.54, 1.807) is 11.3 Å². The van der Waals surface area contributed by atoms with Crippen LogP contribution in [0.3, 0.4) is 0 Å². The Morgan fingerprint density at radius 2 is 2.00 bits per heavy atom. The molecule has 1 aromatic rings. The molecule has 0 aliphatic rings. The van der Waals surface area contributed by atoms with Gasteiger partial charge in [0.25, 0.3) is 0 Å². The molecule has 2 nitrogen and oxygen atoms in total. The van der Waals surface area contributed by atoms with Gasteiger partial charge in [-0.15, -0.1) is 11.3 Å². The molecule has 1 rings (SSSR count). The topological polar surface area (TPSA) is 36.7 Å². The molecule has 0 bridgehead atoms. The summed E-state index contributed by atoms with van der Waals surface area (Å²) in [6.45, 7) is 6.49. The standard InChI is InChI=1S/C12H18N2S/c1-4-7-10-11(8-13)15-12(14-10)9(5-2)6-3/h9H,4-7H2,1-3H3. The lowest BCUT2D eigenvalue weighted by Gasteiger charge is -2.06. The summed E-state index contributed by atoms with van der Waals surface area (Å²) in [5.74, 6) is 0.535. The normalized spacial score (nSPS) is 10.6. The Morgan fingerprint density at radius 1 is 1.33 bits per heavy atom. The Kier molecular flexibility index (Phi) is 4.77. The van der Waals surface area contributed by atoms with Crippen LogP contribution in [-0.4, -0.2) is 4.98 Å². The second kappa shape index (κ2) is 5.87. The van der Waals surface area contributed by atoms with E-state index in [-0.39, 0.29) is 0 Å². The molecule has 0 aliphatic carbocycles. The van der Waals surface area contributed by atoms with E-state index in [9.17, 15) is 0 Å². The molecule has 1 aromatic heterocycles. The van der Waals surface area contributed by atoms with Gasteiger partial charge < -0.3 is 0 Å². The van der Waals surface area contributed by atoms with Gasteiger partial charge in [-0.05, 0) is 19.3 Å². The minimum absolute atomic E-state index is 0.535. The number of hydrogen-bond donors (Lipinski definition) is 0. The van der Waals surface area contributed by atoms with E-state index in [2.05, 4.69) is 31.8 Å². The third-order valence-corrected chi connectivity index (χ3v) is 3.80. The summed E-state index contributed by atoms with van der Waals surface area (Å²) < 4.78 is 0. The van der Waals surface area contributed by atoms with Crippen LogP contribution in [0, 0.1) is 11.3 Å². The molecular weight excluding hydrogens is 204 g/mol. The van der Waals surface area contributed by atoms with E-state index < -0.39 is 0 Å². The molecule has 0 radical (unpaired) electrons. The minimum atomic E-state index is 0.535. The monoisotopic (exact) mass is 222 g/mol. The van der Waals surface area contributed by atoms with Crippen molar-refractivity contribution in [1.29, 1.82) is 5.26 Å². The minimum Gasteiger partial charge on any atom is -0.245 e. The lowest BCUT2D eigenvalue weighted by molar-refractivity contribution is 0.634. The van der Waals surface area contributed by atoms with Gasteiger partial charge in [-0.1, -0.05) is 27.2 Å². The summed E-state index contributed by atoms with van der Waals surface area (Å²) in [4.78, 5) is 5.43. The Balaban J connectivity index is 2.97. The first-order valence-corrected chi connectivity index (χ1v) is 6.48. The molecule has 15 heavy (non-hydrogen) atoms. The third-order valence-electron chi connectivity index (χ3n) is 2.64. The molecule has 1 heterocycles. The Labute approximate surface area is 96.0 Å². The van der Waals surface area contributed by atoms with Crippen LogP contribution in [0.1, 0.15) is 61.5 Å². The van der Waals surface area contributed by atoms with Crippen molar-refractivity contribution in [3.63, 3.8) is 0 Å². The highest BCUT2D eigenvalue weighted by atomic mass is 32.1. The van der Waals surface area contributed by atoms with E-state index in [1.165, 1.54) is 0 Å². The van der Waals surface area contributed by atoms with Gasteiger partial charge in [-0.2, -0.15) is 5.26 Å². The lowest BCUT2D eigenvalue weighted by atomic mass is 10.1. The molecule has 0 amide bonds. The Hall–Kier alpha value is -0.880. The predicted molar refractivity (Wildman–Crippen MR) is 64.1 cm³/mol. The van der Waals surface area contributed by atoms with Crippen LogP contribution in [0.25, 0.3) is 0 Å². The number of thiazole rings is 1. The van der Waals surface area contributed by atoms with Gasteiger partial charge in [-0.25, -0.2) is 4.98 Å². The van der Waals surface area contributed by atoms with Crippen molar-refractivity contribution in [3.8, 4) is 6.07 Å². The maximum Gasteiger partial charge on any atom is 0.128 e. The van der Waals surface area contributed by atoms with Crippen molar-refractivity contribution in [2.75, 3.05) is 0 Å². The number of aromatic nitrogens is 1. The second-order valence-electron chi connectivity index (χ2n) is 3.70. The van der Waals surface area contributed by atoms with Crippen molar-refractivity contribution in [2.45, 2.75) is 52.4 Å². The number of rotatable bonds is 5. The summed E-state index contributed by atoms with van der Waals surface area (Å²) in [5, 5.41) is 10.2. The molecule has 82 valence electrons. The zero-order valence-electron chi connectivity index (χ0n) is 9.71. The highest BCUT2D eigenvalue weighted by Crippen LogP contribution is 2.29. The number of nitriles is 1. The third kappa shape index (κ3) is 2.79. The van der Waals surface area contributed by atoms with Gasteiger partial charge in [0.1, 0.15) is 10.9 Å². The largest absolute Gasteiger partial charge is 0.245 e. The first kappa shape index (κ1) is 12.2. The highest BCUT2D eigenvalue weighted by molar-refractivity contribution is 7.12. The fourth-order valence-corrected chi connectivity index (χ4v) is 2.85. The van der Waals surface area contributed by atoms with Crippen LogP contribution in [0.15, 0.2) is 0 Å². The Bertz CT molecular complexity index is 345. The smallest absolute Gasteiger partial charge is 0.128 e. The molecule has 0 saturated carbocycles. The van der Waals surface area contributed by atoms with Crippen molar-refractivity contribution in [3.05, 3.63) is 15.6 Å². The quantitative estimate of drug-likeness (QED) is 0.758. The zero-order valence-corrected chi connectivity index (χ0v) is 10.5. The predicted octanol–water partition coefficient (Wildman–Crippen LogP) is 3.87. The van der Waals surface area contributed by atoms with Crippen molar-refractivity contribution in [2.24, 2.45) is 0 Å². The van der Waals surface area contributed by atoms with Gasteiger partial charge in [0.2, 0.25) is 0 Å². The molecule has 0 N–H and O–H groups in total. The van der Waals surface area contributed by atoms with Crippen LogP contribution in [0.2, 0.25) is 0 Å². The molecule has 0 saturated heterocycles. The summed E-state index contributed by atoms with van der Waals surface area (Å²) in [6, 6.07) is 2.26. The average molecular weight is 222 g/mol. The molecule has 0 spiro atoms. The first-order valence-electron chi connectivity index (χ1n) is 5.66. The average Bonchev–Trinajstić information content (AvgIpc) is 2.64. The van der Waals surface area contributed by atoms with Crippen LogP contribution in [0.4, 0.5) is 0 Å². The van der Waals surface area contributed by atoms with Gasteiger partial charge in [0, 0.05) is 5.92 Å². The summed E-state index contributed by atoms with van der Waals surface area (Å²) in [7, 11) is 0. The van der Waals surface area contributed by atoms with E-state index >= 15 is 0 Å². The van der Waals surface area contributed by atoms with E-state index in [1.807, 2.05) is 0 Å². The van der Waals surface area contributed by atoms with E-state index in [4.69, 9.17) is 5.26 Å². The van der Waals surface area contributed by atoms with Crippen LogP contribution < -0.4 is 0 Å². The molecule has 0 fully saturated rings. The van der Waals surface area contributed by atoms with Crippen molar-refractivity contribution >= 4 is 11.3 Å². The number of nitrogens with zero attached hydrogens (tertiary/aromatic N) is 2. The molecule has 0 aromatic carbocycles. The van der Waals surface area contributed by atoms with Gasteiger partial charge >= 0.3 is 0 Å². The fourth-order valence-electron chi connectivity index (χ4n) is 1.68. The summed E-state index contributed by atoms with van der Waals surface area (Å²) >= 11 is 1.58. The Morgan fingerprint density at radius 3 is 2.47 bits per heavy atom. The SMILES string of the molecule is CCCc1nc(C(CC)CC)sc1C#N. The lowest BCUT2D eigenvalue weighted by Crippen LogP contribution is -1.95. The molecule has 0 unspecified atom stereocenters. The highest BCUT2D eigenvalue weighted by Gasteiger charge is 2.15. The maximum absolute atomic E-state index is 9.01. The zero-order chi connectivity index (χ0) is 11.3. The van der Waals surface area contributed by atoms with E-state index in [0.29, 0.717) is 5.92 Å². The summed E-state index contributed by atoms with van der Waals surface area (Å²) in [6.07, 6.45) is 4.21. The summed E-state index contributed by atoms with van der Waals surface area (Å²) in [5.41, 5.74) is 1.01. The molecule has 0 aliphatic heterocycles. The van der Waals surface area contributed by atoms with Crippen molar-refractivity contribution in [1.82, 2.24) is 4.98 Å². The number of hydrogen-bond acceptors (Lipinski definition) is 3. The van der Waals surface area contributed by atoms with Gasteiger partial charge in [0.15, 0.2) is 0 Å². The van der Waals surface area contributed by atoms with Crippen LogP contribution in [0.5, 0.6) is 0 Å². The fraction of sp³-hybridized carbons (Fsp3) is 0.667. The first-order chi connectivity index (χ1) is 7.26. The van der Waals surface area contributed by atoms with Crippen molar-refractivity contribution < 1.29 is 0 Å². The van der Waals surface area contributed by atoms with Gasteiger partial charge in [0.05, 0.1) is 10.7 Å².